The van der Waals surface area contributed by atoms with Crippen LogP contribution in [0.3, 0.4) is 0 Å². The Balaban J connectivity index is 2.14. The molecule has 0 saturated heterocycles. The molecular formula is C19H20O3S. The SMILES string of the molecule is COC(=O)CSC(CC(=O)c1ccccc1)c1ccc(C)cc1. The van der Waals surface area contributed by atoms with Crippen molar-refractivity contribution in [3.05, 3.63) is 71.3 Å². The van der Waals surface area contributed by atoms with Crippen LogP contribution in [0.2, 0.25) is 0 Å². The van der Waals surface area contributed by atoms with Crippen LogP contribution in [0.25, 0.3) is 0 Å². The van der Waals surface area contributed by atoms with E-state index < -0.39 is 0 Å². The van der Waals surface area contributed by atoms with Gasteiger partial charge in [0.15, 0.2) is 5.78 Å². The number of thioether (sulfide) groups is 1. The third-order valence-electron chi connectivity index (χ3n) is 3.55. The van der Waals surface area contributed by atoms with E-state index in [0.29, 0.717) is 12.0 Å². The van der Waals surface area contributed by atoms with Crippen molar-refractivity contribution in [3.63, 3.8) is 0 Å². The second-order valence-electron chi connectivity index (χ2n) is 5.28. The molecule has 1 unspecified atom stereocenters. The first-order chi connectivity index (χ1) is 11.1. The number of carbonyl (C=O) groups excluding carboxylic acids is 2. The number of rotatable bonds is 7. The summed E-state index contributed by atoms with van der Waals surface area (Å²) >= 11 is 1.44. The van der Waals surface area contributed by atoms with Crippen LogP contribution < -0.4 is 0 Å². The first-order valence-corrected chi connectivity index (χ1v) is 8.48. The number of ketones is 1. The molecule has 120 valence electrons. The number of aryl methyl sites for hydroxylation is 1. The summed E-state index contributed by atoms with van der Waals surface area (Å²) < 4.78 is 4.70. The van der Waals surface area contributed by atoms with Crippen LogP contribution in [-0.4, -0.2) is 24.6 Å². The summed E-state index contributed by atoms with van der Waals surface area (Å²) in [4.78, 5) is 23.9. The highest BCUT2D eigenvalue weighted by Crippen LogP contribution is 2.33. The van der Waals surface area contributed by atoms with E-state index in [2.05, 4.69) is 0 Å². The molecule has 0 fully saturated rings. The summed E-state index contributed by atoms with van der Waals surface area (Å²) in [6.45, 7) is 2.02. The fraction of sp³-hybridized carbons (Fsp3) is 0.263. The molecule has 2 aromatic carbocycles. The second kappa shape index (κ2) is 8.53. The predicted molar refractivity (Wildman–Crippen MR) is 93.8 cm³/mol. The van der Waals surface area contributed by atoms with Crippen LogP contribution in [0, 0.1) is 6.92 Å². The van der Waals surface area contributed by atoms with Crippen molar-refractivity contribution >= 4 is 23.5 Å². The maximum Gasteiger partial charge on any atom is 0.315 e. The first kappa shape index (κ1) is 17.3. The summed E-state index contributed by atoms with van der Waals surface area (Å²) in [6, 6.07) is 17.3. The zero-order valence-corrected chi connectivity index (χ0v) is 14.1. The number of esters is 1. The van der Waals surface area contributed by atoms with E-state index in [-0.39, 0.29) is 22.8 Å². The average molecular weight is 328 g/mol. The van der Waals surface area contributed by atoms with Gasteiger partial charge in [0.1, 0.15) is 0 Å². The van der Waals surface area contributed by atoms with Gasteiger partial charge in [-0.2, -0.15) is 0 Å². The van der Waals surface area contributed by atoms with Crippen LogP contribution in [0.4, 0.5) is 0 Å². The molecule has 0 aromatic heterocycles. The van der Waals surface area contributed by atoms with Crippen LogP contribution in [0.5, 0.6) is 0 Å². The molecule has 0 aliphatic heterocycles. The van der Waals surface area contributed by atoms with E-state index in [4.69, 9.17) is 4.74 Å². The fourth-order valence-electron chi connectivity index (χ4n) is 2.19. The molecule has 2 rings (SSSR count). The van der Waals surface area contributed by atoms with Crippen LogP contribution in [-0.2, 0) is 9.53 Å². The Kier molecular flexibility index (Phi) is 6.41. The Bertz CT molecular complexity index is 650. The highest BCUT2D eigenvalue weighted by molar-refractivity contribution is 8.00. The van der Waals surface area contributed by atoms with E-state index in [0.717, 1.165) is 5.56 Å². The molecule has 1 atom stereocenters. The largest absolute Gasteiger partial charge is 0.468 e. The monoisotopic (exact) mass is 328 g/mol. The van der Waals surface area contributed by atoms with Crippen molar-refractivity contribution in [1.82, 2.24) is 0 Å². The highest BCUT2D eigenvalue weighted by Gasteiger charge is 2.19. The summed E-state index contributed by atoms with van der Waals surface area (Å²) in [5.74, 6) is 0.0321. The molecule has 23 heavy (non-hydrogen) atoms. The number of ether oxygens (including phenoxy) is 1. The van der Waals surface area contributed by atoms with Crippen molar-refractivity contribution in [2.45, 2.75) is 18.6 Å². The Labute approximate surface area is 141 Å². The predicted octanol–water partition coefficient (Wildman–Crippen LogP) is 4.22. The Morgan fingerprint density at radius 1 is 1.04 bits per heavy atom. The quantitative estimate of drug-likeness (QED) is 0.564. The fourth-order valence-corrected chi connectivity index (χ4v) is 3.27. The van der Waals surface area contributed by atoms with Gasteiger partial charge in [0.05, 0.1) is 12.9 Å². The summed E-state index contributed by atoms with van der Waals surface area (Å²) in [7, 11) is 1.37. The van der Waals surface area contributed by atoms with Gasteiger partial charge in [0, 0.05) is 17.2 Å². The average Bonchev–Trinajstić information content (AvgIpc) is 2.59. The number of carbonyl (C=O) groups is 2. The molecule has 0 aliphatic carbocycles. The molecule has 3 nitrogen and oxygen atoms in total. The van der Waals surface area contributed by atoms with Gasteiger partial charge in [-0.1, -0.05) is 60.2 Å². The first-order valence-electron chi connectivity index (χ1n) is 7.43. The number of methoxy groups -OCH3 is 1. The van der Waals surface area contributed by atoms with Gasteiger partial charge in [-0.3, -0.25) is 9.59 Å². The number of Topliss-reactive ketones (excluding diaryl/α,β-unsaturated/α-hetero) is 1. The molecule has 0 spiro atoms. The topological polar surface area (TPSA) is 43.4 Å². The lowest BCUT2D eigenvalue weighted by Gasteiger charge is -2.16. The molecule has 0 bridgehead atoms. The van der Waals surface area contributed by atoms with E-state index >= 15 is 0 Å². The Morgan fingerprint density at radius 2 is 1.70 bits per heavy atom. The van der Waals surface area contributed by atoms with Gasteiger partial charge in [0.2, 0.25) is 0 Å². The minimum atomic E-state index is -0.278. The zero-order chi connectivity index (χ0) is 16.7. The maximum absolute atomic E-state index is 12.5. The smallest absolute Gasteiger partial charge is 0.315 e. The molecule has 0 amide bonds. The second-order valence-corrected chi connectivity index (χ2v) is 6.47. The normalized spacial score (nSPS) is 11.7. The molecule has 0 heterocycles. The van der Waals surface area contributed by atoms with Gasteiger partial charge < -0.3 is 4.74 Å². The van der Waals surface area contributed by atoms with Crippen LogP contribution >= 0.6 is 11.8 Å². The standard InChI is InChI=1S/C19H20O3S/c1-14-8-10-16(11-9-14)18(23-13-19(21)22-2)12-17(20)15-6-4-3-5-7-15/h3-11,18H,12-13H2,1-2H3. The van der Waals surface area contributed by atoms with Gasteiger partial charge >= 0.3 is 5.97 Å². The van der Waals surface area contributed by atoms with Crippen LogP contribution in [0.15, 0.2) is 54.6 Å². The van der Waals surface area contributed by atoms with Crippen molar-refractivity contribution in [3.8, 4) is 0 Å². The molecule has 2 aromatic rings. The highest BCUT2D eigenvalue weighted by atomic mass is 32.2. The summed E-state index contributed by atoms with van der Waals surface area (Å²) in [6.07, 6.45) is 0.356. The van der Waals surface area contributed by atoms with E-state index in [1.165, 1.54) is 24.4 Å². The maximum atomic E-state index is 12.5. The molecular weight excluding hydrogens is 308 g/mol. The third-order valence-corrected chi connectivity index (χ3v) is 4.79. The number of hydrogen-bond acceptors (Lipinski definition) is 4. The minimum Gasteiger partial charge on any atom is -0.468 e. The Morgan fingerprint density at radius 3 is 2.30 bits per heavy atom. The molecule has 0 radical (unpaired) electrons. The van der Waals surface area contributed by atoms with E-state index in [1.54, 1.807) is 0 Å². The molecule has 0 saturated carbocycles. The van der Waals surface area contributed by atoms with E-state index in [1.807, 2.05) is 61.5 Å². The van der Waals surface area contributed by atoms with Crippen molar-refractivity contribution < 1.29 is 14.3 Å². The van der Waals surface area contributed by atoms with E-state index in [9.17, 15) is 9.59 Å². The van der Waals surface area contributed by atoms with Gasteiger partial charge in [-0.05, 0) is 12.5 Å². The zero-order valence-electron chi connectivity index (χ0n) is 13.3. The molecule has 0 aliphatic rings. The van der Waals surface area contributed by atoms with Crippen molar-refractivity contribution in [2.24, 2.45) is 0 Å². The lowest BCUT2D eigenvalue weighted by atomic mass is 10.0. The Hall–Kier alpha value is -2.07. The van der Waals surface area contributed by atoms with Crippen molar-refractivity contribution in [1.29, 1.82) is 0 Å². The summed E-state index contributed by atoms with van der Waals surface area (Å²) in [5.41, 5.74) is 2.91. The van der Waals surface area contributed by atoms with Gasteiger partial charge in [-0.25, -0.2) is 0 Å². The molecule has 0 N–H and O–H groups in total. The third kappa shape index (κ3) is 5.25. The minimum absolute atomic E-state index is 0.0672. The summed E-state index contributed by atoms with van der Waals surface area (Å²) in [5, 5.41) is -0.0672. The lowest BCUT2D eigenvalue weighted by Crippen LogP contribution is -2.09. The van der Waals surface area contributed by atoms with Gasteiger partial charge in [0.25, 0.3) is 0 Å². The number of hydrogen-bond donors (Lipinski definition) is 0. The molecule has 4 heteroatoms. The van der Waals surface area contributed by atoms with Gasteiger partial charge in [-0.15, -0.1) is 11.8 Å². The van der Waals surface area contributed by atoms with Crippen molar-refractivity contribution in [2.75, 3.05) is 12.9 Å². The number of benzene rings is 2. The lowest BCUT2D eigenvalue weighted by molar-refractivity contribution is -0.137. The van der Waals surface area contributed by atoms with Crippen LogP contribution in [0.1, 0.15) is 33.2 Å².